The van der Waals surface area contributed by atoms with Crippen molar-refractivity contribution >= 4 is 0 Å². The summed E-state index contributed by atoms with van der Waals surface area (Å²) < 4.78 is 13.0. The molecule has 0 saturated carbocycles. The second-order valence-corrected chi connectivity index (χ2v) is 12.7. The summed E-state index contributed by atoms with van der Waals surface area (Å²) in [5, 5.41) is 19.3. The van der Waals surface area contributed by atoms with E-state index in [1.165, 1.54) is 0 Å². The molecule has 1 aromatic heterocycles. The molecule has 54 heavy (non-hydrogen) atoms. The predicted molar refractivity (Wildman–Crippen MR) is 208 cm³/mol. The van der Waals surface area contributed by atoms with Gasteiger partial charge in [-0.15, -0.1) is 0 Å². The van der Waals surface area contributed by atoms with E-state index < -0.39 is 0 Å². The first kappa shape index (κ1) is 32.1. The van der Waals surface area contributed by atoms with Crippen LogP contribution in [0.2, 0.25) is 0 Å². The van der Waals surface area contributed by atoms with Crippen LogP contribution in [0.1, 0.15) is 11.1 Å². The first-order chi connectivity index (χ1) is 26.6. The van der Waals surface area contributed by atoms with E-state index in [4.69, 9.17) is 24.4 Å². The Kier molecular flexibility index (Phi) is 8.13. The van der Waals surface area contributed by atoms with Crippen LogP contribution in [0.4, 0.5) is 0 Å². The minimum Gasteiger partial charge on any atom is -0.449 e. The van der Waals surface area contributed by atoms with Crippen LogP contribution in [-0.2, 0) is 0 Å². The lowest BCUT2D eigenvalue weighted by molar-refractivity contribution is 0.360. The van der Waals surface area contributed by atoms with Gasteiger partial charge >= 0.3 is 0 Å². The number of benzene rings is 7. The van der Waals surface area contributed by atoms with Crippen molar-refractivity contribution in [1.82, 2.24) is 15.0 Å². The summed E-state index contributed by atoms with van der Waals surface area (Å²) in [7, 11) is 0. The average molecular weight is 694 g/mol. The fourth-order valence-electron chi connectivity index (χ4n) is 6.55. The van der Waals surface area contributed by atoms with Crippen LogP contribution < -0.4 is 9.47 Å². The molecule has 0 saturated heterocycles. The van der Waals surface area contributed by atoms with Crippen LogP contribution in [0.3, 0.4) is 0 Å². The Morgan fingerprint density at radius 3 is 1.30 bits per heavy atom. The first-order valence-electron chi connectivity index (χ1n) is 17.3. The highest BCUT2D eigenvalue weighted by Crippen LogP contribution is 2.50. The molecular formula is C47H27N5O2. The number of ether oxygens (including phenoxy) is 2. The van der Waals surface area contributed by atoms with Gasteiger partial charge in [-0.25, -0.2) is 15.0 Å². The molecule has 0 amide bonds. The zero-order valence-corrected chi connectivity index (χ0v) is 28.6. The normalized spacial score (nSPS) is 11.2. The van der Waals surface area contributed by atoms with Gasteiger partial charge in [0.05, 0.1) is 23.3 Å². The molecule has 7 heteroatoms. The van der Waals surface area contributed by atoms with Crippen molar-refractivity contribution in [2.24, 2.45) is 0 Å². The smallest absolute Gasteiger partial charge is 0.170 e. The topological polar surface area (TPSA) is 105 Å². The number of rotatable bonds is 6. The molecule has 2 heterocycles. The summed E-state index contributed by atoms with van der Waals surface area (Å²) in [6, 6.07) is 57.1. The Labute approximate surface area is 311 Å². The molecule has 7 aromatic carbocycles. The lowest BCUT2D eigenvalue weighted by Gasteiger charge is -2.23. The minimum absolute atomic E-state index is 0.491. The second kappa shape index (κ2) is 13.7. The summed E-state index contributed by atoms with van der Waals surface area (Å²) >= 11 is 0. The monoisotopic (exact) mass is 693 g/mol. The Balaban J connectivity index is 1.12. The fraction of sp³-hybridized carbons (Fsp3) is 0. The highest BCUT2D eigenvalue weighted by atomic mass is 16.6. The molecule has 7 nitrogen and oxygen atoms in total. The standard InChI is InChI=1S/C47H27N5O2/c48-28-30-9-7-15-36(23-30)39-26-43-44(27-40(39)37-16-8-10-31(24-37)29-49)54-42-25-38(21-22-41(42)53-43)47-51-45(34-13-5-2-6-14-34)50-46(52-47)35-19-17-33(18-20-35)32-11-3-1-4-12-32/h1-27H. The maximum absolute atomic E-state index is 9.66. The van der Waals surface area contributed by atoms with Crippen LogP contribution in [0, 0.1) is 22.7 Å². The van der Waals surface area contributed by atoms with E-state index in [-0.39, 0.29) is 0 Å². The third-order valence-corrected chi connectivity index (χ3v) is 9.25. The third-order valence-electron chi connectivity index (χ3n) is 9.25. The van der Waals surface area contributed by atoms with Crippen molar-refractivity contribution in [1.29, 1.82) is 10.5 Å². The van der Waals surface area contributed by atoms with E-state index in [2.05, 4.69) is 36.4 Å². The van der Waals surface area contributed by atoms with E-state index in [0.29, 0.717) is 51.6 Å². The fourth-order valence-corrected chi connectivity index (χ4v) is 6.55. The molecular weight excluding hydrogens is 667 g/mol. The van der Waals surface area contributed by atoms with Gasteiger partial charge in [0.2, 0.25) is 0 Å². The molecule has 0 radical (unpaired) electrons. The van der Waals surface area contributed by atoms with Gasteiger partial charge in [-0.1, -0.05) is 109 Å². The maximum atomic E-state index is 9.66. The van der Waals surface area contributed by atoms with Crippen LogP contribution in [0.25, 0.3) is 67.5 Å². The molecule has 0 atom stereocenters. The van der Waals surface area contributed by atoms with Gasteiger partial charge in [0.1, 0.15) is 0 Å². The van der Waals surface area contributed by atoms with Crippen LogP contribution in [0.15, 0.2) is 164 Å². The Morgan fingerprint density at radius 1 is 0.333 bits per heavy atom. The van der Waals surface area contributed by atoms with Gasteiger partial charge in [-0.2, -0.15) is 10.5 Å². The molecule has 1 aliphatic rings. The molecule has 0 spiro atoms. The number of aromatic nitrogens is 3. The summed E-state index contributed by atoms with van der Waals surface area (Å²) in [5.74, 6) is 3.68. The van der Waals surface area contributed by atoms with Crippen molar-refractivity contribution in [3.8, 4) is 103 Å². The van der Waals surface area contributed by atoms with E-state index in [1.807, 2.05) is 127 Å². The zero-order valence-electron chi connectivity index (χ0n) is 28.6. The van der Waals surface area contributed by atoms with Crippen molar-refractivity contribution in [2.45, 2.75) is 0 Å². The van der Waals surface area contributed by atoms with E-state index in [1.54, 1.807) is 12.1 Å². The van der Waals surface area contributed by atoms with Gasteiger partial charge in [0, 0.05) is 16.7 Å². The van der Waals surface area contributed by atoms with Crippen molar-refractivity contribution in [3.63, 3.8) is 0 Å². The molecule has 0 bridgehead atoms. The van der Waals surface area contributed by atoms with Crippen molar-refractivity contribution in [2.75, 3.05) is 0 Å². The van der Waals surface area contributed by atoms with E-state index >= 15 is 0 Å². The number of nitrogens with zero attached hydrogens (tertiary/aromatic N) is 5. The number of hydrogen-bond donors (Lipinski definition) is 0. The highest BCUT2D eigenvalue weighted by Gasteiger charge is 2.24. The number of hydrogen-bond acceptors (Lipinski definition) is 7. The summed E-state index contributed by atoms with van der Waals surface area (Å²) in [5.41, 5.74) is 9.13. The van der Waals surface area contributed by atoms with Gasteiger partial charge in [0.25, 0.3) is 0 Å². The minimum atomic E-state index is 0.491. The maximum Gasteiger partial charge on any atom is 0.170 e. The lowest BCUT2D eigenvalue weighted by Crippen LogP contribution is -2.03. The Bertz CT molecular complexity index is 2790. The van der Waals surface area contributed by atoms with Gasteiger partial charge < -0.3 is 9.47 Å². The highest BCUT2D eigenvalue weighted by molar-refractivity contribution is 5.87. The van der Waals surface area contributed by atoms with Crippen LogP contribution in [-0.4, -0.2) is 15.0 Å². The largest absolute Gasteiger partial charge is 0.449 e. The Hall–Kier alpha value is -7.87. The van der Waals surface area contributed by atoms with Crippen molar-refractivity contribution in [3.05, 3.63) is 175 Å². The summed E-state index contributed by atoms with van der Waals surface area (Å²) in [6.45, 7) is 0. The van der Waals surface area contributed by atoms with Crippen LogP contribution >= 0.6 is 0 Å². The molecule has 8 aromatic rings. The quantitative estimate of drug-likeness (QED) is 0.171. The second-order valence-electron chi connectivity index (χ2n) is 12.7. The summed E-state index contributed by atoms with van der Waals surface area (Å²) in [6.07, 6.45) is 0. The number of nitriles is 2. The molecule has 0 unspecified atom stereocenters. The van der Waals surface area contributed by atoms with E-state index in [9.17, 15) is 10.5 Å². The molecule has 0 fully saturated rings. The van der Waals surface area contributed by atoms with Crippen molar-refractivity contribution < 1.29 is 9.47 Å². The van der Waals surface area contributed by atoms with Crippen LogP contribution in [0.5, 0.6) is 23.0 Å². The zero-order chi connectivity index (χ0) is 36.4. The van der Waals surface area contributed by atoms with Gasteiger partial charge in [-0.3, -0.25) is 0 Å². The first-order valence-corrected chi connectivity index (χ1v) is 17.3. The molecule has 252 valence electrons. The summed E-state index contributed by atoms with van der Waals surface area (Å²) in [4.78, 5) is 14.8. The lowest BCUT2D eigenvalue weighted by atomic mass is 9.92. The van der Waals surface area contributed by atoms with E-state index in [0.717, 1.165) is 50.1 Å². The number of fused-ring (bicyclic) bond motifs is 2. The Morgan fingerprint density at radius 2 is 0.741 bits per heavy atom. The average Bonchev–Trinajstić information content (AvgIpc) is 3.25. The molecule has 0 N–H and O–H groups in total. The molecule has 0 aliphatic carbocycles. The van der Waals surface area contributed by atoms with Gasteiger partial charge in [-0.05, 0) is 88.0 Å². The predicted octanol–water partition coefficient (Wildman–Crippen LogP) is 11.5. The molecule has 9 rings (SSSR count). The third kappa shape index (κ3) is 6.19. The van der Waals surface area contributed by atoms with Gasteiger partial charge in [0.15, 0.2) is 40.5 Å². The molecule has 1 aliphatic heterocycles. The SMILES string of the molecule is N#Cc1cccc(-c2cc3c(cc2-c2cccc(C#N)c2)Oc2cc(-c4nc(-c5ccccc5)nc(-c5ccc(-c6ccccc6)cc5)n4)ccc2O3)c1.